The zero-order valence-corrected chi connectivity index (χ0v) is 15.6. The van der Waals surface area contributed by atoms with Crippen LogP contribution in [0.5, 0.6) is 0 Å². The van der Waals surface area contributed by atoms with Crippen LogP contribution in [0.4, 0.5) is 5.82 Å². The van der Waals surface area contributed by atoms with Crippen molar-refractivity contribution in [2.24, 2.45) is 5.41 Å². The first-order valence-electron chi connectivity index (χ1n) is 10.0. The second-order valence-electron chi connectivity index (χ2n) is 8.59. The van der Waals surface area contributed by atoms with Gasteiger partial charge in [0.1, 0.15) is 5.82 Å². The number of para-hydroxylation sites is 1. The molecular weight excluding hydrogens is 322 g/mol. The van der Waals surface area contributed by atoms with Crippen LogP contribution in [0, 0.1) is 12.3 Å². The van der Waals surface area contributed by atoms with Crippen molar-refractivity contribution in [2.45, 2.75) is 51.5 Å². The molecule has 0 unspecified atom stereocenters. The number of benzene rings is 1. The van der Waals surface area contributed by atoms with Crippen LogP contribution in [0.3, 0.4) is 0 Å². The van der Waals surface area contributed by atoms with Gasteiger partial charge >= 0.3 is 0 Å². The minimum Gasteiger partial charge on any atom is -0.356 e. The molecule has 1 atom stereocenters. The average Bonchev–Trinajstić information content (AvgIpc) is 3.49. The van der Waals surface area contributed by atoms with E-state index < -0.39 is 0 Å². The predicted octanol–water partition coefficient (Wildman–Crippen LogP) is 3.91. The molecule has 1 saturated carbocycles. The molecule has 0 N–H and O–H groups in total. The molecule has 4 heteroatoms. The van der Waals surface area contributed by atoms with Crippen LogP contribution in [0.15, 0.2) is 30.3 Å². The van der Waals surface area contributed by atoms with Crippen LogP contribution in [-0.4, -0.2) is 41.5 Å². The van der Waals surface area contributed by atoms with Gasteiger partial charge in [0.2, 0.25) is 5.91 Å². The van der Waals surface area contributed by atoms with E-state index in [-0.39, 0.29) is 5.41 Å². The molecule has 4 nitrogen and oxygen atoms in total. The number of carbonyl (C=O) groups excluding carboxylic acids is 1. The van der Waals surface area contributed by atoms with Crippen LogP contribution in [0.2, 0.25) is 0 Å². The summed E-state index contributed by atoms with van der Waals surface area (Å²) in [4.78, 5) is 22.0. The van der Waals surface area contributed by atoms with E-state index in [1.807, 2.05) is 0 Å². The Morgan fingerprint density at radius 1 is 1.15 bits per heavy atom. The Hall–Kier alpha value is -2.10. The number of aromatic nitrogens is 1. The maximum atomic E-state index is 12.3. The van der Waals surface area contributed by atoms with E-state index in [4.69, 9.17) is 4.98 Å². The number of piperidine rings is 2. The minimum atomic E-state index is 0.260. The summed E-state index contributed by atoms with van der Waals surface area (Å²) in [7, 11) is 0. The number of likely N-dealkylation sites (tertiary alicyclic amines) is 1. The summed E-state index contributed by atoms with van der Waals surface area (Å²) in [6.07, 6.45) is 6.62. The van der Waals surface area contributed by atoms with Gasteiger partial charge in [0, 0.05) is 42.9 Å². The summed E-state index contributed by atoms with van der Waals surface area (Å²) < 4.78 is 0. The van der Waals surface area contributed by atoms with Crippen LogP contribution in [0.25, 0.3) is 10.9 Å². The lowest BCUT2D eigenvalue weighted by molar-refractivity contribution is -0.138. The Labute approximate surface area is 155 Å². The fourth-order valence-corrected chi connectivity index (χ4v) is 4.99. The van der Waals surface area contributed by atoms with Gasteiger partial charge in [0.15, 0.2) is 0 Å². The van der Waals surface area contributed by atoms with Gasteiger partial charge in [-0.2, -0.15) is 0 Å². The van der Waals surface area contributed by atoms with Gasteiger partial charge in [0.05, 0.1) is 5.52 Å². The second-order valence-corrected chi connectivity index (χ2v) is 8.59. The van der Waals surface area contributed by atoms with Crippen molar-refractivity contribution in [1.29, 1.82) is 0 Å². The maximum absolute atomic E-state index is 12.3. The molecule has 5 rings (SSSR count). The van der Waals surface area contributed by atoms with Crippen molar-refractivity contribution in [3.05, 3.63) is 35.9 Å². The molecule has 2 aliphatic heterocycles. The number of anilines is 1. The number of fused-ring (bicyclic) bond motifs is 1. The number of amides is 1. The summed E-state index contributed by atoms with van der Waals surface area (Å²) in [5, 5.41) is 1.24. The van der Waals surface area contributed by atoms with E-state index in [2.05, 4.69) is 47.1 Å². The third kappa shape index (κ3) is 2.76. The molecule has 1 aromatic heterocycles. The summed E-state index contributed by atoms with van der Waals surface area (Å²) in [5.41, 5.74) is 2.64. The number of pyridine rings is 1. The molecule has 2 saturated heterocycles. The zero-order valence-electron chi connectivity index (χ0n) is 15.6. The van der Waals surface area contributed by atoms with Gasteiger partial charge in [-0.05, 0) is 56.7 Å². The summed E-state index contributed by atoms with van der Waals surface area (Å²) in [6.45, 7) is 5.25. The molecule has 0 radical (unpaired) electrons. The standard InChI is InChI=1S/C22H27N3O/c1-16-13-20(23-19-6-3-2-5-18(16)19)24-12-4-10-22(14-24)11-9-21(26)25(15-22)17-7-8-17/h2-3,5-6,13,17H,4,7-12,14-15H2,1H3/t22-/m1/s1. The SMILES string of the molecule is Cc1cc(N2CCC[C@@]3(CCC(=O)N(C4CC4)C3)C2)nc2ccccc12. The molecule has 2 aromatic rings. The molecule has 0 bridgehead atoms. The number of rotatable bonds is 2. The fraction of sp³-hybridized carbons (Fsp3) is 0.545. The van der Waals surface area contributed by atoms with Gasteiger partial charge in [-0.15, -0.1) is 0 Å². The first kappa shape index (κ1) is 16.1. The Balaban J connectivity index is 1.43. The highest BCUT2D eigenvalue weighted by Gasteiger charge is 2.45. The smallest absolute Gasteiger partial charge is 0.222 e. The third-order valence-electron chi connectivity index (χ3n) is 6.58. The second kappa shape index (κ2) is 5.97. The molecule has 3 aliphatic rings. The van der Waals surface area contributed by atoms with E-state index >= 15 is 0 Å². The monoisotopic (exact) mass is 349 g/mol. The van der Waals surface area contributed by atoms with Crippen LogP contribution >= 0.6 is 0 Å². The van der Waals surface area contributed by atoms with E-state index in [1.54, 1.807) is 0 Å². The number of aryl methyl sites for hydroxylation is 1. The van der Waals surface area contributed by atoms with Gasteiger partial charge in [0.25, 0.3) is 0 Å². The van der Waals surface area contributed by atoms with Gasteiger partial charge in [-0.3, -0.25) is 4.79 Å². The van der Waals surface area contributed by atoms with Gasteiger partial charge < -0.3 is 9.80 Å². The Morgan fingerprint density at radius 2 is 2.00 bits per heavy atom. The lowest BCUT2D eigenvalue weighted by Gasteiger charge is -2.48. The number of nitrogens with zero attached hydrogens (tertiary/aromatic N) is 3. The van der Waals surface area contributed by atoms with Gasteiger partial charge in [-0.25, -0.2) is 4.98 Å². The lowest BCUT2D eigenvalue weighted by Crippen LogP contribution is -2.54. The van der Waals surface area contributed by atoms with Crippen LogP contribution in [-0.2, 0) is 4.79 Å². The van der Waals surface area contributed by atoms with E-state index in [1.165, 1.54) is 36.6 Å². The van der Waals surface area contributed by atoms with Crippen LogP contribution in [0.1, 0.15) is 44.1 Å². The minimum absolute atomic E-state index is 0.260. The summed E-state index contributed by atoms with van der Waals surface area (Å²) in [5.74, 6) is 1.49. The molecule has 136 valence electrons. The van der Waals surface area contributed by atoms with Crippen LogP contribution < -0.4 is 4.90 Å². The molecule has 1 aromatic carbocycles. The maximum Gasteiger partial charge on any atom is 0.222 e. The van der Waals surface area contributed by atoms with Crippen molar-refractivity contribution in [1.82, 2.24) is 9.88 Å². The molecule has 1 aliphatic carbocycles. The van der Waals surface area contributed by atoms with Crippen molar-refractivity contribution >= 4 is 22.6 Å². The van der Waals surface area contributed by atoms with Crippen molar-refractivity contribution in [3.63, 3.8) is 0 Å². The summed E-state index contributed by atoms with van der Waals surface area (Å²) >= 11 is 0. The fourth-order valence-electron chi connectivity index (χ4n) is 4.99. The molecule has 1 amide bonds. The highest BCUT2D eigenvalue weighted by atomic mass is 16.2. The first-order chi connectivity index (χ1) is 12.6. The highest BCUT2D eigenvalue weighted by molar-refractivity contribution is 5.84. The highest BCUT2D eigenvalue weighted by Crippen LogP contribution is 2.43. The van der Waals surface area contributed by atoms with Crippen molar-refractivity contribution < 1.29 is 4.79 Å². The number of hydrogen-bond donors (Lipinski definition) is 0. The summed E-state index contributed by atoms with van der Waals surface area (Å²) in [6, 6.07) is 11.2. The number of hydrogen-bond acceptors (Lipinski definition) is 3. The molecular formula is C22H27N3O. The quantitative estimate of drug-likeness (QED) is 0.825. The first-order valence-corrected chi connectivity index (χ1v) is 10.0. The molecule has 26 heavy (non-hydrogen) atoms. The topological polar surface area (TPSA) is 36.4 Å². The lowest BCUT2D eigenvalue weighted by atomic mass is 9.73. The largest absolute Gasteiger partial charge is 0.356 e. The van der Waals surface area contributed by atoms with E-state index in [9.17, 15) is 4.79 Å². The van der Waals surface area contributed by atoms with Gasteiger partial charge in [-0.1, -0.05) is 18.2 Å². The predicted molar refractivity (Wildman–Crippen MR) is 104 cm³/mol. The Kier molecular flexibility index (Phi) is 3.70. The van der Waals surface area contributed by atoms with Crippen molar-refractivity contribution in [2.75, 3.05) is 24.5 Å². The number of carbonyl (C=O) groups is 1. The normalized spacial score (nSPS) is 26.7. The van der Waals surface area contributed by atoms with Crippen molar-refractivity contribution in [3.8, 4) is 0 Å². The Morgan fingerprint density at radius 3 is 2.85 bits per heavy atom. The van der Waals surface area contributed by atoms with E-state index in [0.717, 1.165) is 43.8 Å². The molecule has 3 fully saturated rings. The van der Waals surface area contributed by atoms with E-state index in [0.29, 0.717) is 11.9 Å². The molecule has 1 spiro atoms. The Bertz CT molecular complexity index is 860. The third-order valence-corrected chi connectivity index (χ3v) is 6.58. The average molecular weight is 349 g/mol. The zero-order chi connectivity index (χ0) is 17.7. The molecule has 3 heterocycles.